The Morgan fingerprint density at radius 1 is 0.765 bits per heavy atom. The summed E-state index contributed by atoms with van der Waals surface area (Å²) in [6.07, 6.45) is 7.39. The van der Waals surface area contributed by atoms with Gasteiger partial charge in [-0.25, -0.2) is 0 Å². The molecule has 0 bridgehead atoms. The minimum atomic E-state index is -0.721. The molecule has 0 atom stereocenters. The Bertz CT molecular complexity index is 386. The van der Waals surface area contributed by atoms with Crippen molar-refractivity contribution in [3.8, 4) is 0 Å². The van der Waals surface area contributed by atoms with E-state index < -0.39 is 22.9 Å². The zero-order chi connectivity index (χ0) is 11.0. The van der Waals surface area contributed by atoms with Gasteiger partial charge in [-0.05, 0) is 0 Å². The van der Waals surface area contributed by atoms with Crippen LogP contribution in [-0.2, 0) is 22.9 Å². The Kier molecular flexibility index (Phi) is 7.28. The summed E-state index contributed by atoms with van der Waals surface area (Å²) in [7, 11) is 0. The first kappa shape index (κ1) is 17.4. The average Bonchev–Trinajstić information content (AvgIpc) is 2.68. The Labute approximate surface area is 129 Å². The molecule has 3 heteroatoms. The molecular formula is C14H18Cl2Hf. The molecule has 0 spiro atoms. The Hall–Kier alpha value is 0.410. The minimum absolute atomic E-state index is 0. The van der Waals surface area contributed by atoms with Crippen LogP contribution in [0.3, 0.4) is 0 Å². The van der Waals surface area contributed by atoms with Crippen LogP contribution in [0.25, 0.3) is 0 Å². The number of rotatable bonds is 2. The molecule has 0 radical (unpaired) electrons. The SMILES string of the molecule is CC1=C(C)[C]([Hf+2][C]2=CCC(C)=C2C)=CC1.[Cl-].[Cl-]. The second-order valence-electron chi connectivity index (χ2n) is 4.58. The third-order valence-electron chi connectivity index (χ3n) is 3.58. The van der Waals surface area contributed by atoms with Crippen LogP contribution >= 0.6 is 0 Å². The number of allylic oxidation sites excluding steroid dienone is 8. The predicted molar refractivity (Wildman–Crippen MR) is 62.1 cm³/mol. The van der Waals surface area contributed by atoms with Gasteiger partial charge < -0.3 is 24.8 Å². The maximum Gasteiger partial charge on any atom is -1.00 e. The molecule has 2 aliphatic rings. The molecule has 0 fully saturated rings. The van der Waals surface area contributed by atoms with Crippen molar-refractivity contribution in [2.45, 2.75) is 40.5 Å². The van der Waals surface area contributed by atoms with Crippen molar-refractivity contribution >= 4 is 0 Å². The zero-order valence-corrected chi connectivity index (χ0v) is 15.9. The van der Waals surface area contributed by atoms with Crippen molar-refractivity contribution in [1.29, 1.82) is 0 Å². The Morgan fingerprint density at radius 3 is 1.35 bits per heavy atom. The fraction of sp³-hybridized carbons (Fsp3) is 0.429. The van der Waals surface area contributed by atoms with Gasteiger partial charge in [0.2, 0.25) is 0 Å². The normalized spacial score (nSPS) is 18.4. The first-order chi connectivity index (χ1) is 7.09. The molecule has 0 saturated carbocycles. The quantitative estimate of drug-likeness (QED) is 0.455. The molecule has 0 N–H and O–H groups in total. The van der Waals surface area contributed by atoms with Crippen LogP contribution < -0.4 is 24.8 Å². The second-order valence-corrected chi connectivity index (χ2v) is 9.35. The van der Waals surface area contributed by atoms with E-state index in [0.717, 1.165) is 0 Å². The van der Waals surface area contributed by atoms with Crippen LogP contribution in [0.1, 0.15) is 40.5 Å². The monoisotopic (exact) mass is 436 g/mol. The van der Waals surface area contributed by atoms with Gasteiger partial charge in [0.15, 0.2) is 0 Å². The van der Waals surface area contributed by atoms with Gasteiger partial charge in [0.25, 0.3) is 0 Å². The third-order valence-corrected chi connectivity index (χ3v) is 9.68. The second kappa shape index (κ2) is 7.11. The molecule has 0 unspecified atom stereocenters. The fourth-order valence-electron chi connectivity index (χ4n) is 2.02. The smallest absolute Gasteiger partial charge is 1.00 e. The maximum absolute atomic E-state index is 2.48. The van der Waals surface area contributed by atoms with Gasteiger partial charge in [-0.15, -0.1) is 0 Å². The molecular weight excluding hydrogens is 418 g/mol. The zero-order valence-electron chi connectivity index (χ0n) is 10.8. The largest absolute Gasteiger partial charge is 1.00 e. The fourth-order valence-corrected chi connectivity index (χ4v) is 7.41. The van der Waals surface area contributed by atoms with Crippen LogP contribution in [0.2, 0.25) is 0 Å². The van der Waals surface area contributed by atoms with Gasteiger partial charge in [0.05, 0.1) is 0 Å². The summed E-state index contributed by atoms with van der Waals surface area (Å²) < 4.78 is 3.49. The van der Waals surface area contributed by atoms with E-state index in [0.29, 0.717) is 0 Å². The van der Waals surface area contributed by atoms with Crippen LogP contribution in [0.15, 0.2) is 41.1 Å². The van der Waals surface area contributed by atoms with Gasteiger partial charge in [-0.3, -0.25) is 0 Å². The first-order valence-corrected chi connectivity index (χ1v) is 9.19. The minimum Gasteiger partial charge on any atom is -1.00 e. The average molecular weight is 436 g/mol. The molecule has 0 heterocycles. The molecule has 0 saturated heterocycles. The molecule has 0 nitrogen and oxygen atoms in total. The Morgan fingerprint density at radius 2 is 1.12 bits per heavy atom. The van der Waals surface area contributed by atoms with Crippen LogP contribution in [0, 0.1) is 0 Å². The van der Waals surface area contributed by atoms with Gasteiger partial charge in [0, 0.05) is 0 Å². The van der Waals surface area contributed by atoms with Crippen LogP contribution in [-0.4, -0.2) is 0 Å². The van der Waals surface area contributed by atoms with Crippen molar-refractivity contribution in [2.75, 3.05) is 0 Å². The molecule has 92 valence electrons. The first-order valence-electron chi connectivity index (χ1n) is 5.60. The van der Waals surface area contributed by atoms with Crippen molar-refractivity contribution in [2.24, 2.45) is 0 Å². The van der Waals surface area contributed by atoms with Gasteiger partial charge in [-0.2, -0.15) is 0 Å². The molecule has 0 amide bonds. The number of halogens is 2. The number of hydrogen-bond acceptors (Lipinski definition) is 0. The molecule has 0 aliphatic heterocycles. The van der Waals surface area contributed by atoms with Gasteiger partial charge in [0.1, 0.15) is 0 Å². The molecule has 2 rings (SSSR count). The van der Waals surface area contributed by atoms with E-state index in [1.807, 2.05) is 0 Å². The number of hydrogen-bond donors (Lipinski definition) is 0. The van der Waals surface area contributed by atoms with E-state index >= 15 is 0 Å². The van der Waals surface area contributed by atoms with Gasteiger partial charge in [-0.1, -0.05) is 0 Å². The van der Waals surface area contributed by atoms with Crippen molar-refractivity contribution < 1.29 is 47.7 Å². The summed E-state index contributed by atoms with van der Waals surface area (Å²) in [4.78, 5) is 0. The van der Waals surface area contributed by atoms with Crippen molar-refractivity contribution in [3.05, 3.63) is 41.1 Å². The summed E-state index contributed by atoms with van der Waals surface area (Å²) in [5.41, 5.74) is 6.40. The standard InChI is InChI=1S/2C7H9.2ClH.Hf/c2*1-6-4-3-5-7(6)2;;;/h2*3H,4H2,1-2H3;2*1H;/q;;;;+2/p-2. The third kappa shape index (κ3) is 3.68. The van der Waals surface area contributed by atoms with Crippen LogP contribution in [0.5, 0.6) is 0 Å². The molecule has 0 aromatic heterocycles. The van der Waals surface area contributed by atoms with E-state index in [1.165, 1.54) is 12.8 Å². The van der Waals surface area contributed by atoms with E-state index in [4.69, 9.17) is 0 Å². The summed E-state index contributed by atoms with van der Waals surface area (Å²) in [6.45, 7) is 9.17. The van der Waals surface area contributed by atoms with Crippen LogP contribution in [0.4, 0.5) is 0 Å². The topological polar surface area (TPSA) is 0 Å². The predicted octanol–water partition coefficient (Wildman–Crippen LogP) is -1.68. The van der Waals surface area contributed by atoms with E-state index in [1.54, 1.807) is 29.0 Å². The van der Waals surface area contributed by atoms with Gasteiger partial charge >= 0.3 is 105 Å². The summed E-state index contributed by atoms with van der Waals surface area (Å²) in [5, 5.41) is 0. The summed E-state index contributed by atoms with van der Waals surface area (Å²) >= 11 is -0.721. The molecule has 0 aromatic carbocycles. The molecule has 17 heavy (non-hydrogen) atoms. The maximum atomic E-state index is 2.48. The van der Waals surface area contributed by atoms with E-state index in [2.05, 4.69) is 39.8 Å². The molecule has 0 aromatic rings. The molecule has 2 aliphatic carbocycles. The van der Waals surface area contributed by atoms with Crippen molar-refractivity contribution in [3.63, 3.8) is 0 Å². The van der Waals surface area contributed by atoms with Crippen molar-refractivity contribution in [1.82, 2.24) is 0 Å². The summed E-state index contributed by atoms with van der Waals surface area (Å²) in [6, 6.07) is 0. The van der Waals surface area contributed by atoms with E-state index in [9.17, 15) is 0 Å². The summed E-state index contributed by atoms with van der Waals surface area (Å²) in [5.74, 6) is 0. The Balaban J connectivity index is 0.00000128. The van der Waals surface area contributed by atoms with E-state index in [-0.39, 0.29) is 24.8 Å².